The molecule has 134 valence electrons. The van der Waals surface area contributed by atoms with Crippen LogP contribution in [-0.4, -0.2) is 19.3 Å². The number of nitrogens with one attached hydrogen (secondary N) is 2. The van der Waals surface area contributed by atoms with Crippen molar-refractivity contribution in [2.75, 3.05) is 24.9 Å². The van der Waals surface area contributed by atoms with Crippen LogP contribution in [0.4, 0.5) is 11.4 Å². The van der Waals surface area contributed by atoms with Crippen LogP contribution < -0.4 is 20.1 Å². The maximum absolute atomic E-state index is 6.12. The summed E-state index contributed by atoms with van der Waals surface area (Å²) < 4.78 is 10.6. The van der Waals surface area contributed by atoms with Crippen molar-refractivity contribution in [3.8, 4) is 11.5 Å². The van der Waals surface area contributed by atoms with Gasteiger partial charge in [-0.1, -0.05) is 37.6 Å². The molecule has 0 aliphatic carbocycles. The predicted octanol–water partition coefficient (Wildman–Crippen LogP) is 5.68. The van der Waals surface area contributed by atoms with Gasteiger partial charge in [0.2, 0.25) is 0 Å². The smallest absolute Gasteiger partial charge is 0.175 e. The third-order valence-corrected chi connectivity index (χ3v) is 4.57. The Kier molecular flexibility index (Phi) is 6.91. The molecule has 0 spiro atoms. The molecule has 0 fully saturated rings. The fourth-order valence-electron chi connectivity index (χ4n) is 2.37. The van der Waals surface area contributed by atoms with Gasteiger partial charge < -0.3 is 20.1 Å². The largest absolute Gasteiger partial charge is 0.495 e. The molecule has 6 heteroatoms. The summed E-state index contributed by atoms with van der Waals surface area (Å²) in [4.78, 5) is 0. The Labute approximate surface area is 159 Å². The van der Waals surface area contributed by atoms with Crippen molar-refractivity contribution in [3.05, 3.63) is 47.0 Å². The van der Waals surface area contributed by atoms with E-state index in [4.69, 9.17) is 33.3 Å². The second-order valence-corrected chi connectivity index (χ2v) is 6.51. The first kappa shape index (κ1) is 19.3. The molecule has 2 rings (SSSR count). The first-order chi connectivity index (χ1) is 12.0. The van der Waals surface area contributed by atoms with E-state index in [0.29, 0.717) is 33.2 Å². The molecule has 0 heterocycles. The Morgan fingerprint density at radius 3 is 2.28 bits per heavy atom. The zero-order chi connectivity index (χ0) is 18.4. The Balaban J connectivity index is 2.09. The van der Waals surface area contributed by atoms with Crippen LogP contribution in [0.2, 0.25) is 5.02 Å². The van der Waals surface area contributed by atoms with Crippen LogP contribution in [0, 0.1) is 0 Å². The van der Waals surface area contributed by atoms with E-state index >= 15 is 0 Å². The number of hydrogen-bond donors (Lipinski definition) is 2. The molecule has 4 nitrogen and oxygen atoms in total. The lowest BCUT2D eigenvalue weighted by Crippen LogP contribution is -2.19. The van der Waals surface area contributed by atoms with Crippen molar-refractivity contribution in [1.29, 1.82) is 0 Å². The first-order valence-corrected chi connectivity index (χ1v) is 8.86. The minimum Gasteiger partial charge on any atom is -0.495 e. The van der Waals surface area contributed by atoms with Gasteiger partial charge in [-0.3, -0.25) is 0 Å². The molecule has 0 saturated carbocycles. The van der Waals surface area contributed by atoms with Crippen LogP contribution in [0.5, 0.6) is 11.5 Å². The van der Waals surface area contributed by atoms with Crippen molar-refractivity contribution in [2.24, 2.45) is 0 Å². The minimum absolute atomic E-state index is 0.457. The highest BCUT2D eigenvalue weighted by Crippen LogP contribution is 2.35. The monoisotopic (exact) mass is 378 g/mol. The van der Waals surface area contributed by atoms with Gasteiger partial charge in [-0.2, -0.15) is 0 Å². The second kappa shape index (κ2) is 8.92. The summed E-state index contributed by atoms with van der Waals surface area (Å²) in [6, 6.07) is 11.7. The van der Waals surface area contributed by atoms with Crippen LogP contribution >= 0.6 is 23.8 Å². The summed E-state index contributed by atoms with van der Waals surface area (Å²) in [6.07, 6.45) is 1.12. The third-order valence-electron chi connectivity index (χ3n) is 4.07. The van der Waals surface area contributed by atoms with E-state index in [-0.39, 0.29) is 0 Å². The summed E-state index contributed by atoms with van der Waals surface area (Å²) in [6.45, 7) is 4.40. The van der Waals surface area contributed by atoms with Crippen molar-refractivity contribution >= 4 is 40.3 Å². The molecule has 25 heavy (non-hydrogen) atoms. The number of rotatable bonds is 6. The van der Waals surface area contributed by atoms with E-state index in [1.807, 2.05) is 12.1 Å². The van der Waals surface area contributed by atoms with E-state index in [9.17, 15) is 0 Å². The zero-order valence-corrected chi connectivity index (χ0v) is 16.4. The second-order valence-electron chi connectivity index (χ2n) is 5.70. The van der Waals surface area contributed by atoms with Gasteiger partial charge in [0.15, 0.2) is 5.11 Å². The highest BCUT2D eigenvalue weighted by Gasteiger charge is 2.11. The van der Waals surface area contributed by atoms with Crippen LogP contribution in [0.25, 0.3) is 0 Å². The molecule has 2 aromatic rings. The van der Waals surface area contributed by atoms with Crippen LogP contribution in [-0.2, 0) is 0 Å². The average Bonchev–Trinajstić information content (AvgIpc) is 2.62. The standard InChI is InChI=1S/C19H23ClN2O2S/c1-5-12(2)13-6-8-14(9-7-13)21-19(25)22-16-11-17(23-3)15(20)10-18(16)24-4/h6-12H,5H2,1-4H3,(H2,21,22,25)/t12-/m0/s1. The molecule has 0 aliphatic heterocycles. The van der Waals surface area contributed by atoms with Crippen molar-refractivity contribution in [2.45, 2.75) is 26.2 Å². The predicted molar refractivity (Wildman–Crippen MR) is 110 cm³/mol. The Bertz CT molecular complexity index is 735. The molecule has 0 radical (unpaired) electrons. The Morgan fingerprint density at radius 1 is 1.08 bits per heavy atom. The molecular weight excluding hydrogens is 356 g/mol. The maximum atomic E-state index is 6.12. The van der Waals surface area contributed by atoms with E-state index in [1.54, 1.807) is 26.4 Å². The van der Waals surface area contributed by atoms with Gasteiger partial charge in [-0.15, -0.1) is 0 Å². The number of thiocarbonyl (C=S) groups is 1. The van der Waals surface area contributed by atoms with Crippen LogP contribution in [0.15, 0.2) is 36.4 Å². The molecule has 0 saturated heterocycles. The van der Waals surface area contributed by atoms with Gasteiger partial charge in [-0.25, -0.2) is 0 Å². The van der Waals surface area contributed by atoms with Gasteiger partial charge in [-0.05, 0) is 42.3 Å². The molecule has 2 aromatic carbocycles. The molecule has 0 aliphatic rings. The molecule has 1 atom stereocenters. The number of methoxy groups -OCH3 is 2. The normalized spacial score (nSPS) is 11.6. The number of halogens is 1. The van der Waals surface area contributed by atoms with E-state index in [0.717, 1.165) is 12.1 Å². The average molecular weight is 379 g/mol. The summed E-state index contributed by atoms with van der Waals surface area (Å²) in [7, 11) is 3.14. The molecular formula is C19H23ClN2O2S. The van der Waals surface area contributed by atoms with Gasteiger partial charge >= 0.3 is 0 Å². The number of anilines is 2. The van der Waals surface area contributed by atoms with Crippen LogP contribution in [0.3, 0.4) is 0 Å². The lowest BCUT2D eigenvalue weighted by Gasteiger charge is -2.16. The minimum atomic E-state index is 0.457. The lowest BCUT2D eigenvalue weighted by atomic mass is 9.99. The Morgan fingerprint density at radius 2 is 1.72 bits per heavy atom. The van der Waals surface area contributed by atoms with E-state index in [1.165, 1.54) is 5.56 Å². The molecule has 0 amide bonds. The van der Waals surface area contributed by atoms with Crippen molar-refractivity contribution in [3.63, 3.8) is 0 Å². The number of hydrogen-bond acceptors (Lipinski definition) is 3. The van der Waals surface area contributed by atoms with Crippen LogP contribution in [0.1, 0.15) is 31.7 Å². The van der Waals surface area contributed by atoms with Crippen molar-refractivity contribution in [1.82, 2.24) is 0 Å². The summed E-state index contributed by atoms with van der Waals surface area (Å²) in [5, 5.41) is 7.22. The summed E-state index contributed by atoms with van der Waals surface area (Å²) in [5.41, 5.74) is 2.91. The molecule has 0 aromatic heterocycles. The SMILES string of the molecule is CC[C@H](C)c1ccc(NC(=S)Nc2cc(OC)c(Cl)cc2OC)cc1. The lowest BCUT2D eigenvalue weighted by molar-refractivity contribution is 0.405. The number of benzene rings is 2. The fraction of sp³-hybridized carbons (Fsp3) is 0.316. The van der Waals surface area contributed by atoms with Gasteiger partial charge in [0.1, 0.15) is 11.5 Å². The van der Waals surface area contributed by atoms with E-state index < -0.39 is 0 Å². The summed E-state index contributed by atoms with van der Waals surface area (Å²) in [5.74, 6) is 1.68. The fourth-order valence-corrected chi connectivity index (χ4v) is 2.83. The first-order valence-electron chi connectivity index (χ1n) is 8.08. The molecule has 2 N–H and O–H groups in total. The molecule has 0 bridgehead atoms. The highest BCUT2D eigenvalue weighted by atomic mass is 35.5. The number of ether oxygens (including phenoxy) is 2. The van der Waals surface area contributed by atoms with Gasteiger partial charge in [0.05, 0.1) is 24.9 Å². The van der Waals surface area contributed by atoms with E-state index in [2.05, 4.69) is 36.6 Å². The Hall–Kier alpha value is -1.98. The molecule has 0 unspecified atom stereocenters. The van der Waals surface area contributed by atoms with Gasteiger partial charge in [0, 0.05) is 17.8 Å². The zero-order valence-electron chi connectivity index (χ0n) is 14.9. The maximum Gasteiger partial charge on any atom is 0.175 e. The topological polar surface area (TPSA) is 42.5 Å². The third kappa shape index (κ3) is 5.00. The highest BCUT2D eigenvalue weighted by molar-refractivity contribution is 7.80. The van der Waals surface area contributed by atoms with Crippen molar-refractivity contribution < 1.29 is 9.47 Å². The van der Waals surface area contributed by atoms with Gasteiger partial charge in [0.25, 0.3) is 0 Å². The quantitative estimate of drug-likeness (QED) is 0.633. The summed E-state index contributed by atoms with van der Waals surface area (Å²) >= 11 is 11.5.